The molecule has 34 heavy (non-hydrogen) atoms. The predicted octanol–water partition coefficient (Wildman–Crippen LogP) is 5.90. The summed E-state index contributed by atoms with van der Waals surface area (Å²) in [6.07, 6.45) is 6.33. The molecule has 2 N–H and O–H groups in total. The Labute approximate surface area is 201 Å². The number of fused-ring (bicyclic) bond motifs is 1. The number of carbonyl (C=O) groups is 2. The lowest BCUT2D eigenvalue weighted by molar-refractivity contribution is -0.117. The van der Waals surface area contributed by atoms with Crippen molar-refractivity contribution in [2.75, 3.05) is 15.5 Å². The van der Waals surface area contributed by atoms with E-state index in [2.05, 4.69) is 29.5 Å². The molecule has 0 aliphatic carbocycles. The van der Waals surface area contributed by atoms with Gasteiger partial charge in [0.25, 0.3) is 0 Å². The number of carbonyl (C=O) groups excluding carboxylic acids is 2. The minimum Gasteiger partial charge on any atom is -0.378 e. The molecule has 4 rings (SSSR count). The van der Waals surface area contributed by atoms with Crippen molar-refractivity contribution in [3.8, 4) is 23.5 Å². The topological polar surface area (TPSA) is 61.4 Å². The molecular weight excluding hydrogens is 422 g/mol. The van der Waals surface area contributed by atoms with Crippen LogP contribution >= 0.6 is 0 Å². The number of benzene rings is 3. The van der Waals surface area contributed by atoms with E-state index in [1.807, 2.05) is 66.4 Å². The Morgan fingerprint density at radius 1 is 1.03 bits per heavy atom. The third-order valence-corrected chi connectivity index (χ3v) is 6.26. The quantitative estimate of drug-likeness (QED) is 0.486. The van der Waals surface area contributed by atoms with E-state index in [0.29, 0.717) is 0 Å². The first-order valence-corrected chi connectivity index (χ1v) is 11.4. The Morgan fingerprint density at radius 3 is 2.47 bits per heavy atom. The lowest BCUT2D eigenvalue weighted by atomic mass is 9.88. The van der Waals surface area contributed by atoms with Crippen LogP contribution in [0.25, 0.3) is 11.1 Å². The second kappa shape index (κ2) is 9.44. The van der Waals surface area contributed by atoms with Crippen molar-refractivity contribution in [2.24, 2.45) is 0 Å². The van der Waals surface area contributed by atoms with E-state index < -0.39 is 0 Å². The highest BCUT2D eigenvalue weighted by Gasteiger charge is 2.32. The summed E-state index contributed by atoms with van der Waals surface area (Å²) in [5, 5.41) is 6.54. The van der Waals surface area contributed by atoms with Crippen LogP contribution in [0.3, 0.4) is 0 Å². The van der Waals surface area contributed by atoms with Crippen molar-refractivity contribution < 1.29 is 9.59 Å². The molecule has 172 valence electrons. The van der Waals surface area contributed by atoms with Gasteiger partial charge in [0.2, 0.25) is 11.8 Å². The van der Waals surface area contributed by atoms with Gasteiger partial charge in [-0.2, -0.15) is 0 Å². The zero-order valence-corrected chi connectivity index (χ0v) is 20.0. The normalized spacial score (nSPS) is 16.9. The highest BCUT2D eigenvalue weighted by Crippen LogP contribution is 2.41. The molecule has 3 aromatic carbocycles. The molecular formula is C29H29N3O2. The van der Waals surface area contributed by atoms with Crippen LogP contribution in [0.5, 0.6) is 0 Å². The molecule has 5 heteroatoms. The number of hydrogen-bond acceptors (Lipinski definition) is 3. The maximum atomic E-state index is 12.5. The zero-order chi connectivity index (χ0) is 24.4. The number of hydrogen-bond donors (Lipinski definition) is 2. The summed E-state index contributed by atoms with van der Waals surface area (Å²) in [6.45, 7) is 7.24. The molecule has 5 nitrogen and oxygen atoms in total. The van der Waals surface area contributed by atoms with Crippen molar-refractivity contribution in [3.63, 3.8) is 0 Å². The Kier molecular flexibility index (Phi) is 6.43. The van der Waals surface area contributed by atoms with Gasteiger partial charge in [-0.25, -0.2) is 0 Å². The van der Waals surface area contributed by atoms with E-state index in [0.717, 1.165) is 51.3 Å². The standard InChI is InChI=1S/C29H29N3O2/c1-6-22-10-12-27(18(2)14-22)31-28-15-19(3)32(21(5)34)29-13-11-24(17-26(28)29)23-8-7-9-25(16-23)30-20(4)33/h1,7-14,16-17,19,28,31H,15H2,2-5H3,(H,30,33)/t19-,28+/m0/s1. The lowest BCUT2D eigenvalue weighted by Crippen LogP contribution is -2.43. The second-order valence-electron chi connectivity index (χ2n) is 8.88. The minimum atomic E-state index is -0.107. The summed E-state index contributed by atoms with van der Waals surface area (Å²) in [6, 6.07) is 20.0. The van der Waals surface area contributed by atoms with Crippen LogP contribution in [-0.2, 0) is 9.59 Å². The molecule has 0 unspecified atom stereocenters. The summed E-state index contributed by atoms with van der Waals surface area (Å²) in [5.41, 5.74) is 7.71. The monoisotopic (exact) mass is 451 g/mol. The zero-order valence-electron chi connectivity index (χ0n) is 20.0. The SMILES string of the molecule is C#Cc1ccc(N[C@@H]2C[C@H](C)N(C(C)=O)c3ccc(-c4cccc(NC(C)=O)c4)cc32)c(C)c1. The molecule has 0 radical (unpaired) electrons. The fraction of sp³-hybridized carbons (Fsp3) is 0.241. The molecule has 0 aromatic heterocycles. The van der Waals surface area contributed by atoms with Crippen LogP contribution in [0.15, 0.2) is 60.7 Å². The molecule has 0 fully saturated rings. The van der Waals surface area contributed by atoms with Gasteiger partial charge in [0, 0.05) is 42.5 Å². The van der Waals surface area contributed by atoms with Gasteiger partial charge in [-0.1, -0.05) is 24.1 Å². The summed E-state index contributed by atoms with van der Waals surface area (Å²) in [5.74, 6) is 2.61. The number of rotatable bonds is 4. The lowest BCUT2D eigenvalue weighted by Gasteiger charge is -2.40. The first-order valence-electron chi connectivity index (χ1n) is 11.4. The largest absolute Gasteiger partial charge is 0.378 e. The molecule has 3 aromatic rings. The molecule has 1 aliphatic rings. The predicted molar refractivity (Wildman–Crippen MR) is 139 cm³/mol. The first-order chi connectivity index (χ1) is 16.3. The Bertz CT molecular complexity index is 1300. The number of terminal acetylenes is 1. The van der Waals surface area contributed by atoms with Crippen molar-refractivity contribution in [1.82, 2.24) is 0 Å². The molecule has 1 aliphatic heterocycles. The van der Waals surface area contributed by atoms with Gasteiger partial charge >= 0.3 is 0 Å². The third-order valence-electron chi connectivity index (χ3n) is 6.26. The maximum Gasteiger partial charge on any atom is 0.224 e. The fourth-order valence-electron chi connectivity index (χ4n) is 4.74. The average molecular weight is 452 g/mol. The van der Waals surface area contributed by atoms with Crippen LogP contribution in [0, 0.1) is 19.3 Å². The number of nitrogens with zero attached hydrogens (tertiary/aromatic N) is 1. The highest BCUT2D eigenvalue weighted by atomic mass is 16.2. The van der Waals surface area contributed by atoms with Crippen LogP contribution < -0.4 is 15.5 Å². The molecule has 2 amide bonds. The van der Waals surface area contributed by atoms with Crippen molar-refractivity contribution in [1.29, 1.82) is 0 Å². The Balaban J connectivity index is 1.77. The van der Waals surface area contributed by atoms with E-state index in [1.165, 1.54) is 6.92 Å². The second-order valence-corrected chi connectivity index (χ2v) is 8.88. The average Bonchev–Trinajstić information content (AvgIpc) is 2.79. The molecule has 2 atom stereocenters. The molecule has 1 heterocycles. The molecule has 0 saturated heterocycles. The van der Waals surface area contributed by atoms with Gasteiger partial charge in [0.1, 0.15) is 0 Å². The number of aryl methyl sites for hydroxylation is 1. The third kappa shape index (κ3) is 4.67. The molecule has 0 saturated carbocycles. The smallest absolute Gasteiger partial charge is 0.224 e. The van der Waals surface area contributed by atoms with Gasteiger partial charge in [0.15, 0.2) is 0 Å². The van der Waals surface area contributed by atoms with Crippen LogP contribution in [-0.4, -0.2) is 17.9 Å². The minimum absolute atomic E-state index is 0.0227. The summed E-state index contributed by atoms with van der Waals surface area (Å²) >= 11 is 0. The first kappa shape index (κ1) is 23.1. The van der Waals surface area contributed by atoms with Gasteiger partial charge in [-0.15, -0.1) is 6.42 Å². The van der Waals surface area contributed by atoms with E-state index in [-0.39, 0.29) is 23.9 Å². The van der Waals surface area contributed by atoms with Crippen LogP contribution in [0.2, 0.25) is 0 Å². The van der Waals surface area contributed by atoms with Crippen molar-refractivity contribution >= 4 is 28.9 Å². The van der Waals surface area contributed by atoms with Gasteiger partial charge < -0.3 is 15.5 Å². The van der Waals surface area contributed by atoms with Crippen LogP contribution in [0.1, 0.15) is 49.9 Å². The van der Waals surface area contributed by atoms with E-state index in [1.54, 1.807) is 6.92 Å². The number of amides is 2. The van der Waals surface area contributed by atoms with Gasteiger partial charge in [0.05, 0.1) is 6.04 Å². The molecule has 0 spiro atoms. The van der Waals surface area contributed by atoms with E-state index in [4.69, 9.17) is 6.42 Å². The summed E-state index contributed by atoms with van der Waals surface area (Å²) in [7, 11) is 0. The van der Waals surface area contributed by atoms with E-state index >= 15 is 0 Å². The summed E-state index contributed by atoms with van der Waals surface area (Å²) < 4.78 is 0. The molecule has 0 bridgehead atoms. The van der Waals surface area contributed by atoms with Crippen molar-refractivity contribution in [3.05, 3.63) is 77.4 Å². The van der Waals surface area contributed by atoms with Gasteiger partial charge in [-0.3, -0.25) is 9.59 Å². The van der Waals surface area contributed by atoms with Crippen molar-refractivity contribution in [2.45, 2.75) is 46.2 Å². The fourth-order valence-corrected chi connectivity index (χ4v) is 4.74. The number of nitrogens with one attached hydrogen (secondary N) is 2. The Morgan fingerprint density at radius 2 is 1.79 bits per heavy atom. The van der Waals surface area contributed by atoms with Gasteiger partial charge in [-0.05, 0) is 85.0 Å². The van der Waals surface area contributed by atoms with E-state index in [9.17, 15) is 9.59 Å². The Hall–Kier alpha value is -4.04. The highest BCUT2D eigenvalue weighted by molar-refractivity contribution is 5.94. The number of anilines is 3. The maximum absolute atomic E-state index is 12.5. The summed E-state index contributed by atoms with van der Waals surface area (Å²) in [4.78, 5) is 25.9. The van der Waals surface area contributed by atoms with Crippen LogP contribution in [0.4, 0.5) is 17.1 Å².